The topological polar surface area (TPSA) is 129 Å². The highest BCUT2D eigenvalue weighted by Gasteiger charge is 2.30. The Morgan fingerprint density at radius 1 is 0.621 bits per heavy atom. The van der Waals surface area contributed by atoms with Crippen molar-refractivity contribution >= 4 is 23.5 Å². The Bertz CT molecular complexity index is 1840. The van der Waals surface area contributed by atoms with Crippen LogP contribution in [-0.4, -0.2) is 63.5 Å². The fourth-order valence-electron chi connectivity index (χ4n) is 7.71. The number of ketones is 2. The van der Waals surface area contributed by atoms with Gasteiger partial charge >= 0.3 is 11.9 Å². The molecule has 1 unspecified atom stereocenters. The number of nitrogens with one attached hydrogen (secondary N) is 2. The molecule has 10 nitrogen and oxygen atoms in total. The zero-order valence-electron chi connectivity index (χ0n) is 35.6. The van der Waals surface area contributed by atoms with E-state index in [2.05, 4.69) is 24.5 Å². The summed E-state index contributed by atoms with van der Waals surface area (Å²) in [5, 5.41) is 7.39. The first-order valence-corrected chi connectivity index (χ1v) is 21.3. The van der Waals surface area contributed by atoms with E-state index in [1.807, 2.05) is 19.1 Å². The molecule has 0 bridgehead atoms. The van der Waals surface area contributed by atoms with Crippen molar-refractivity contribution in [2.45, 2.75) is 112 Å². The zero-order valence-corrected chi connectivity index (χ0v) is 35.6. The van der Waals surface area contributed by atoms with Gasteiger partial charge in [0.05, 0.1) is 26.9 Å². The molecule has 0 fully saturated rings. The molecule has 1 atom stereocenters. The Morgan fingerprint density at radius 3 is 1.59 bits per heavy atom. The fraction of sp³-hybridized carbons (Fsp3) is 0.500. The highest BCUT2D eigenvalue weighted by Crippen LogP contribution is 2.35. The van der Waals surface area contributed by atoms with E-state index in [9.17, 15) is 19.2 Å². The molecule has 10 heteroatoms. The number of esters is 2. The number of allylic oxidation sites excluding steroid dienone is 6. The van der Waals surface area contributed by atoms with E-state index in [0.29, 0.717) is 53.2 Å². The predicted molar refractivity (Wildman–Crippen MR) is 228 cm³/mol. The molecule has 0 saturated heterocycles. The third-order valence-corrected chi connectivity index (χ3v) is 11.1. The number of benzene rings is 2. The van der Waals surface area contributed by atoms with Gasteiger partial charge < -0.3 is 29.6 Å². The van der Waals surface area contributed by atoms with Gasteiger partial charge in [-0.2, -0.15) is 0 Å². The molecular formula is C48H64N2O8. The minimum Gasteiger partial charge on any atom is -0.497 e. The largest absolute Gasteiger partial charge is 0.497 e. The third-order valence-electron chi connectivity index (χ3n) is 11.1. The van der Waals surface area contributed by atoms with Crippen molar-refractivity contribution in [3.8, 4) is 11.5 Å². The van der Waals surface area contributed by atoms with E-state index < -0.39 is 11.9 Å². The van der Waals surface area contributed by atoms with Crippen molar-refractivity contribution in [3.63, 3.8) is 0 Å². The summed E-state index contributed by atoms with van der Waals surface area (Å²) >= 11 is 0. The second kappa shape index (κ2) is 23.3. The van der Waals surface area contributed by atoms with Gasteiger partial charge in [0, 0.05) is 35.6 Å². The summed E-state index contributed by atoms with van der Waals surface area (Å²) in [6.45, 7) is 12.3. The maximum Gasteiger partial charge on any atom is 0.342 e. The second-order valence-electron chi connectivity index (χ2n) is 15.0. The number of methoxy groups -OCH3 is 1. The summed E-state index contributed by atoms with van der Waals surface area (Å²) in [5.41, 5.74) is 4.52. The number of hydrogen-bond donors (Lipinski definition) is 2. The van der Waals surface area contributed by atoms with Gasteiger partial charge in [0.15, 0.2) is 0 Å². The molecule has 2 aliphatic rings. The summed E-state index contributed by atoms with van der Waals surface area (Å²) < 4.78 is 21.6. The van der Waals surface area contributed by atoms with E-state index in [1.165, 1.54) is 0 Å². The quantitative estimate of drug-likeness (QED) is 0.0280. The number of carbonyl (C=O) groups is 4. The monoisotopic (exact) mass is 796 g/mol. The van der Waals surface area contributed by atoms with Crippen LogP contribution in [0.5, 0.6) is 11.5 Å². The number of Topliss-reactive ketones (excluding diaryl/α,β-unsaturated/α-hetero) is 2. The molecule has 0 radical (unpaired) electrons. The van der Waals surface area contributed by atoms with Crippen molar-refractivity contribution in [1.29, 1.82) is 0 Å². The van der Waals surface area contributed by atoms with E-state index in [0.717, 1.165) is 88.7 Å². The van der Waals surface area contributed by atoms with Crippen LogP contribution in [0.25, 0.3) is 0 Å². The number of hydrogen-bond acceptors (Lipinski definition) is 10. The minimum atomic E-state index is -0.598. The summed E-state index contributed by atoms with van der Waals surface area (Å²) in [6.07, 6.45) is 14.8. The molecule has 58 heavy (non-hydrogen) atoms. The molecule has 2 aliphatic carbocycles. The minimum absolute atomic E-state index is 0.0514. The van der Waals surface area contributed by atoms with E-state index >= 15 is 0 Å². The van der Waals surface area contributed by atoms with Crippen molar-refractivity contribution in [2.24, 2.45) is 5.41 Å². The summed E-state index contributed by atoms with van der Waals surface area (Å²) in [6, 6.07) is 13.7. The van der Waals surface area contributed by atoms with Crippen molar-refractivity contribution in [2.75, 3.05) is 40.0 Å². The van der Waals surface area contributed by atoms with Gasteiger partial charge in [-0.3, -0.25) is 9.59 Å². The molecule has 4 rings (SSSR count). The van der Waals surface area contributed by atoms with Crippen LogP contribution in [0.1, 0.15) is 132 Å². The number of unbranched alkanes of at least 4 members (excludes halogenated alkanes) is 1. The molecule has 314 valence electrons. The van der Waals surface area contributed by atoms with Gasteiger partial charge in [-0.25, -0.2) is 9.59 Å². The smallest absolute Gasteiger partial charge is 0.342 e. The highest BCUT2D eigenvalue weighted by atomic mass is 16.5. The normalized spacial score (nSPS) is 16.8. The van der Waals surface area contributed by atoms with Crippen molar-refractivity contribution in [3.05, 3.63) is 105 Å². The Balaban J connectivity index is 1.49. The number of ether oxygens (including phenoxy) is 4. The van der Waals surface area contributed by atoms with E-state index in [4.69, 9.17) is 18.9 Å². The average Bonchev–Trinajstić information content (AvgIpc) is 3.24. The second-order valence-corrected chi connectivity index (χ2v) is 15.0. The lowest BCUT2D eigenvalue weighted by Crippen LogP contribution is -2.35. The SMILES string of the molecule is CCCCC(CC)(CCCNC1=C/C(=C(/C(=O)OCC)C(=O)c2ccc(OC)cc2)CCC1)CNC1=C/C(=C(/C(=O)OCC)C(=O)c2ccc(OCC)cc2)CCC1. The molecule has 0 aromatic heterocycles. The van der Waals surface area contributed by atoms with Crippen LogP contribution in [0.3, 0.4) is 0 Å². The van der Waals surface area contributed by atoms with Crippen molar-refractivity contribution < 1.29 is 38.1 Å². The van der Waals surface area contributed by atoms with Gasteiger partial charge in [0.2, 0.25) is 11.6 Å². The molecule has 2 aromatic rings. The average molecular weight is 797 g/mol. The molecule has 0 heterocycles. The van der Waals surface area contributed by atoms with Crippen LogP contribution >= 0.6 is 0 Å². The van der Waals surface area contributed by atoms with Gasteiger partial charge in [-0.1, -0.05) is 26.7 Å². The number of carbonyl (C=O) groups excluding carboxylic acids is 4. The first kappa shape index (κ1) is 45.6. The maximum absolute atomic E-state index is 13.8. The Labute approximate surface area is 345 Å². The molecule has 0 amide bonds. The lowest BCUT2D eigenvalue weighted by atomic mass is 9.76. The fourth-order valence-corrected chi connectivity index (χ4v) is 7.71. The summed E-state index contributed by atoms with van der Waals surface area (Å²) in [7, 11) is 1.57. The van der Waals surface area contributed by atoms with Crippen LogP contribution in [0.2, 0.25) is 0 Å². The Hall–Kier alpha value is -5.12. The lowest BCUT2D eigenvalue weighted by molar-refractivity contribution is -0.139. The van der Waals surface area contributed by atoms with Gasteiger partial charge in [0.25, 0.3) is 0 Å². The standard InChI is InChI=1S/C48H64N2O8/c1-7-12-28-48(8-2,33-50-39-19-14-17-37(32-39)43(47(54)58-11-5)45(52)35-22-26-41(27-23-35)56-9-3)29-15-30-49-38-18-13-16-36(31-38)42(46(53)57-10-4)44(51)34-20-24-40(55-6)25-21-34/h20-27,31-32,49-50H,7-19,28-30,33H2,1-6H3/b42-36+,43-37+. The van der Waals surface area contributed by atoms with Crippen LogP contribution < -0.4 is 20.1 Å². The summed E-state index contributed by atoms with van der Waals surface area (Å²) in [5.74, 6) is -0.582. The van der Waals surface area contributed by atoms with Gasteiger partial charge in [0.1, 0.15) is 22.6 Å². The van der Waals surface area contributed by atoms with Crippen LogP contribution in [0.15, 0.2) is 94.4 Å². The van der Waals surface area contributed by atoms with E-state index in [1.54, 1.807) is 69.5 Å². The van der Waals surface area contributed by atoms with Crippen LogP contribution in [0.4, 0.5) is 0 Å². The van der Waals surface area contributed by atoms with Crippen molar-refractivity contribution in [1.82, 2.24) is 10.6 Å². The molecule has 0 aliphatic heterocycles. The molecule has 0 saturated carbocycles. The maximum atomic E-state index is 13.8. The molecule has 2 aromatic carbocycles. The summed E-state index contributed by atoms with van der Waals surface area (Å²) in [4.78, 5) is 53.9. The predicted octanol–water partition coefficient (Wildman–Crippen LogP) is 9.56. The lowest BCUT2D eigenvalue weighted by Gasteiger charge is -2.35. The zero-order chi connectivity index (χ0) is 41.9. The van der Waals surface area contributed by atoms with Gasteiger partial charge in [-0.15, -0.1) is 0 Å². The first-order chi connectivity index (χ1) is 28.1. The Kier molecular flexibility index (Phi) is 18.3. The van der Waals surface area contributed by atoms with Crippen LogP contribution in [-0.2, 0) is 19.1 Å². The molecule has 0 spiro atoms. The van der Waals surface area contributed by atoms with Gasteiger partial charge in [-0.05, 0) is 162 Å². The third kappa shape index (κ3) is 12.7. The van der Waals surface area contributed by atoms with Crippen LogP contribution in [0, 0.1) is 5.41 Å². The Morgan fingerprint density at radius 2 is 1.12 bits per heavy atom. The number of rotatable bonds is 23. The highest BCUT2D eigenvalue weighted by molar-refractivity contribution is 6.25. The molecule has 2 N–H and O–H groups in total. The first-order valence-electron chi connectivity index (χ1n) is 21.3. The van der Waals surface area contributed by atoms with E-state index in [-0.39, 0.29) is 41.3 Å². The molecular weight excluding hydrogens is 733 g/mol.